The van der Waals surface area contributed by atoms with Crippen molar-refractivity contribution in [1.29, 1.82) is 0 Å². The molecule has 2 aliphatic rings. The molecule has 1 amide bonds. The Morgan fingerprint density at radius 1 is 1.16 bits per heavy atom. The van der Waals surface area contributed by atoms with Crippen LogP contribution in [0, 0.1) is 0 Å². The van der Waals surface area contributed by atoms with Gasteiger partial charge in [-0.1, -0.05) is 24.3 Å². The fraction of sp³-hybridized carbons (Fsp3) is 0.417. The molecule has 2 saturated heterocycles. The Morgan fingerprint density at radius 3 is 2.68 bits per heavy atom. The number of carbonyl (C=O) groups excluding carboxylic acids is 1. The monoisotopic (exact) mass is 421 g/mol. The van der Waals surface area contributed by atoms with E-state index in [0.717, 1.165) is 61.1 Å². The lowest BCUT2D eigenvalue weighted by Gasteiger charge is -2.22. The summed E-state index contributed by atoms with van der Waals surface area (Å²) in [5.74, 6) is 1.92. The molecule has 1 atom stereocenters. The number of methoxy groups -OCH3 is 1. The molecule has 2 heterocycles. The van der Waals surface area contributed by atoms with Gasteiger partial charge in [-0.25, -0.2) is 0 Å². The van der Waals surface area contributed by atoms with E-state index >= 15 is 0 Å². The van der Waals surface area contributed by atoms with Gasteiger partial charge in [-0.2, -0.15) is 0 Å². The van der Waals surface area contributed by atoms with Gasteiger partial charge >= 0.3 is 0 Å². The molecule has 0 radical (unpaired) electrons. The number of nitrogens with zero attached hydrogens (tertiary/aromatic N) is 3. The Kier molecular flexibility index (Phi) is 6.60. The van der Waals surface area contributed by atoms with E-state index < -0.39 is 0 Å². The van der Waals surface area contributed by atoms with Crippen molar-refractivity contribution in [2.75, 3.05) is 43.6 Å². The van der Waals surface area contributed by atoms with Crippen LogP contribution in [0.1, 0.15) is 24.8 Å². The molecule has 0 saturated carbocycles. The zero-order chi connectivity index (χ0) is 21.6. The number of benzene rings is 2. The van der Waals surface area contributed by atoms with Crippen molar-refractivity contribution in [3.8, 4) is 5.75 Å². The smallest absolute Gasteiger partial charge is 0.227 e. The number of guanidine groups is 1. The third kappa shape index (κ3) is 4.93. The van der Waals surface area contributed by atoms with Crippen LogP contribution >= 0.6 is 0 Å². The molecule has 0 aromatic heterocycles. The number of para-hydroxylation sites is 2. The maximum absolute atomic E-state index is 11.9. The van der Waals surface area contributed by atoms with Crippen LogP contribution in [0.4, 0.5) is 11.4 Å². The van der Waals surface area contributed by atoms with E-state index in [1.807, 2.05) is 35.2 Å². The van der Waals surface area contributed by atoms with Crippen LogP contribution in [0.3, 0.4) is 0 Å². The molecule has 2 aliphatic heterocycles. The Hall–Kier alpha value is -3.22. The van der Waals surface area contributed by atoms with Crippen molar-refractivity contribution in [1.82, 2.24) is 10.6 Å². The molecule has 0 aliphatic carbocycles. The lowest BCUT2D eigenvalue weighted by molar-refractivity contribution is -0.117. The van der Waals surface area contributed by atoms with E-state index in [1.165, 1.54) is 0 Å². The van der Waals surface area contributed by atoms with Gasteiger partial charge in [0.2, 0.25) is 5.91 Å². The zero-order valence-corrected chi connectivity index (χ0v) is 18.3. The molecule has 7 heteroatoms. The number of carbonyl (C=O) groups is 1. The molecule has 1 unspecified atom stereocenters. The fourth-order valence-electron chi connectivity index (χ4n) is 4.28. The van der Waals surface area contributed by atoms with Crippen LogP contribution in [-0.2, 0) is 11.3 Å². The first-order chi connectivity index (χ1) is 15.2. The summed E-state index contributed by atoms with van der Waals surface area (Å²) in [7, 11) is 3.51. The molecule has 4 rings (SSSR count). The van der Waals surface area contributed by atoms with Crippen molar-refractivity contribution in [3.05, 3.63) is 54.1 Å². The van der Waals surface area contributed by atoms with Gasteiger partial charge in [-0.05, 0) is 42.7 Å². The van der Waals surface area contributed by atoms with Crippen LogP contribution in [0.25, 0.3) is 0 Å². The minimum atomic E-state index is 0.217. The first-order valence-electron chi connectivity index (χ1n) is 10.9. The maximum atomic E-state index is 11.9. The first kappa shape index (κ1) is 21.0. The fourth-order valence-corrected chi connectivity index (χ4v) is 4.28. The number of nitrogens with one attached hydrogen (secondary N) is 2. The van der Waals surface area contributed by atoms with Crippen LogP contribution in [-0.4, -0.2) is 51.7 Å². The third-order valence-corrected chi connectivity index (χ3v) is 5.96. The van der Waals surface area contributed by atoms with E-state index in [1.54, 1.807) is 14.2 Å². The van der Waals surface area contributed by atoms with Gasteiger partial charge < -0.3 is 25.2 Å². The van der Waals surface area contributed by atoms with Gasteiger partial charge in [-0.3, -0.25) is 9.79 Å². The molecular formula is C24H31N5O2. The van der Waals surface area contributed by atoms with Crippen LogP contribution < -0.4 is 25.2 Å². The number of hydrogen-bond acceptors (Lipinski definition) is 4. The second-order valence-electron chi connectivity index (χ2n) is 7.99. The predicted octanol–water partition coefficient (Wildman–Crippen LogP) is 2.77. The van der Waals surface area contributed by atoms with E-state index in [2.05, 4.69) is 38.7 Å². The summed E-state index contributed by atoms with van der Waals surface area (Å²) < 4.78 is 5.51. The Labute approximate surface area is 184 Å². The Balaban J connectivity index is 1.29. The molecule has 164 valence electrons. The molecule has 2 fully saturated rings. The third-order valence-electron chi connectivity index (χ3n) is 5.96. The average Bonchev–Trinajstić information content (AvgIpc) is 3.46. The molecule has 0 bridgehead atoms. The number of amides is 1. The van der Waals surface area contributed by atoms with Crippen molar-refractivity contribution >= 4 is 23.2 Å². The summed E-state index contributed by atoms with van der Waals surface area (Å²) in [5.41, 5.74) is 3.27. The minimum Gasteiger partial charge on any atom is -0.495 e. The van der Waals surface area contributed by atoms with Gasteiger partial charge in [0.15, 0.2) is 5.96 Å². The van der Waals surface area contributed by atoms with E-state index in [-0.39, 0.29) is 5.91 Å². The summed E-state index contributed by atoms with van der Waals surface area (Å²) in [5, 5.41) is 6.94. The molecule has 2 aromatic carbocycles. The van der Waals surface area contributed by atoms with Gasteiger partial charge in [-0.15, -0.1) is 0 Å². The van der Waals surface area contributed by atoms with E-state index in [4.69, 9.17) is 4.74 Å². The van der Waals surface area contributed by atoms with Crippen LogP contribution in [0.2, 0.25) is 0 Å². The maximum Gasteiger partial charge on any atom is 0.227 e. The van der Waals surface area contributed by atoms with Gasteiger partial charge in [0.1, 0.15) is 5.75 Å². The molecule has 7 nitrogen and oxygen atoms in total. The summed E-state index contributed by atoms with van der Waals surface area (Å²) in [4.78, 5) is 20.5. The average molecular weight is 422 g/mol. The molecule has 31 heavy (non-hydrogen) atoms. The molecule has 0 spiro atoms. The van der Waals surface area contributed by atoms with Gasteiger partial charge in [0, 0.05) is 51.4 Å². The standard InChI is InChI=1S/C24H31N5O2/c1-25-24(26-16-18-9-11-20(12-10-18)29-14-5-8-23(29)30)27-19-13-15-28(17-19)21-6-3-4-7-22(21)31-2/h3-4,6-7,9-12,19H,5,8,13-17H2,1-2H3,(H2,25,26,27). The second-order valence-corrected chi connectivity index (χ2v) is 7.99. The van der Waals surface area contributed by atoms with Crippen molar-refractivity contribution in [2.45, 2.75) is 31.8 Å². The lowest BCUT2D eigenvalue weighted by Crippen LogP contribution is -2.44. The predicted molar refractivity (Wildman–Crippen MR) is 125 cm³/mol. The second kappa shape index (κ2) is 9.73. The highest BCUT2D eigenvalue weighted by Crippen LogP contribution is 2.30. The number of anilines is 2. The zero-order valence-electron chi connectivity index (χ0n) is 18.3. The van der Waals surface area contributed by atoms with E-state index in [9.17, 15) is 4.79 Å². The summed E-state index contributed by atoms with van der Waals surface area (Å²) in [6.45, 7) is 3.38. The topological polar surface area (TPSA) is 69.2 Å². The van der Waals surface area contributed by atoms with Crippen LogP contribution in [0.15, 0.2) is 53.5 Å². The minimum absolute atomic E-state index is 0.217. The number of aliphatic imine (C=N–C) groups is 1. The highest BCUT2D eigenvalue weighted by Gasteiger charge is 2.25. The van der Waals surface area contributed by atoms with Gasteiger partial charge in [0.05, 0.1) is 12.8 Å². The lowest BCUT2D eigenvalue weighted by atomic mass is 10.2. The number of ether oxygens (including phenoxy) is 1. The highest BCUT2D eigenvalue weighted by atomic mass is 16.5. The van der Waals surface area contributed by atoms with Crippen molar-refractivity contribution in [2.24, 2.45) is 4.99 Å². The molecule has 2 aromatic rings. The van der Waals surface area contributed by atoms with Crippen LogP contribution in [0.5, 0.6) is 5.75 Å². The quantitative estimate of drug-likeness (QED) is 0.555. The Morgan fingerprint density at radius 2 is 1.97 bits per heavy atom. The largest absolute Gasteiger partial charge is 0.495 e. The summed E-state index contributed by atoms with van der Waals surface area (Å²) >= 11 is 0. The normalized spacial score (nSPS) is 19.1. The van der Waals surface area contributed by atoms with Crippen molar-refractivity contribution in [3.63, 3.8) is 0 Å². The van der Waals surface area contributed by atoms with Gasteiger partial charge in [0.25, 0.3) is 0 Å². The molecule has 2 N–H and O–H groups in total. The number of rotatable bonds is 6. The summed E-state index contributed by atoms with van der Waals surface area (Å²) in [6, 6.07) is 16.7. The number of hydrogen-bond donors (Lipinski definition) is 2. The first-order valence-corrected chi connectivity index (χ1v) is 10.9. The van der Waals surface area contributed by atoms with Crippen molar-refractivity contribution < 1.29 is 9.53 Å². The van der Waals surface area contributed by atoms with E-state index in [0.29, 0.717) is 19.0 Å². The summed E-state index contributed by atoms with van der Waals surface area (Å²) in [6.07, 6.45) is 2.64. The Bertz CT molecular complexity index is 928. The highest BCUT2D eigenvalue weighted by molar-refractivity contribution is 5.95. The molecular weight excluding hydrogens is 390 g/mol. The SMILES string of the molecule is CN=C(NCc1ccc(N2CCCC2=O)cc1)NC1CCN(c2ccccc2OC)C1.